The van der Waals surface area contributed by atoms with Gasteiger partial charge in [0.05, 0.1) is 29.5 Å². The number of nitrogens with one attached hydrogen (secondary N) is 1. The molecule has 3 heterocycles. The van der Waals surface area contributed by atoms with Crippen LogP contribution in [0.15, 0.2) is 48.8 Å². The van der Waals surface area contributed by atoms with Crippen molar-refractivity contribution >= 4 is 22.8 Å². The number of amides is 2. The lowest BCUT2D eigenvalue weighted by atomic mass is 9.94. The fourth-order valence-corrected chi connectivity index (χ4v) is 4.54. The Morgan fingerprint density at radius 2 is 2.06 bits per heavy atom. The summed E-state index contributed by atoms with van der Waals surface area (Å²) in [5.74, 6) is -0.441. The van der Waals surface area contributed by atoms with Gasteiger partial charge >= 0.3 is 0 Å². The molecule has 1 atom stereocenters. The topological polar surface area (TPSA) is 78.5 Å². The summed E-state index contributed by atoms with van der Waals surface area (Å²) in [4.78, 5) is 37.3. The van der Waals surface area contributed by atoms with Crippen LogP contribution in [0.2, 0.25) is 0 Å². The zero-order valence-corrected chi connectivity index (χ0v) is 17.0. The maximum atomic E-state index is 13.3. The molecule has 2 amide bonds. The number of ether oxygens (including phenoxy) is 1. The molecule has 8 heteroatoms. The van der Waals surface area contributed by atoms with E-state index in [1.165, 1.54) is 12.1 Å². The maximum Gasteiger partial charge on any atom is 0.254 e. The Balaban J connectivity index is 1.43. The van der Waals surface area contributed by atoms with Crippen LogP contribution in [0.5, 0.6) is 0 Å². The summed E-state index contributed by atoms with van der Waals surface area (Å²) < 4.78 is 19.0. The molecular formula is C23H23FN4O3. The fraction of sp³-hybridized carbons (Fsp3) is 0.348. The third-order valence-corrected chi connectivity index (χ3v) is 6.25. The molecule has 1 aromatic heterocycles. The maximum absolute atomic E-state index is 13.3. The lowest BCUT2D eigenvalue weighted by molar-refractivity contribution is -0.137. The highest BCUT2D eigenvalue weighted by Gasteiger charge is 2.47. The van der Waals surface area contributed by atoms with E-state index in [1.807, 2.05) is 11.0 Å². The second-order valence-corrected chi connectivity index (χ2v) is 8.24. The summed E-state index contributed by atoms with van der Waals surface area (Å²) >= 11 is 0. The Labute approximate surface area is 178 Å². The van der Waals surface area contributed by atoms with Gasteiger partial charge in [0, 0.05) is 38.2 Å². The largest absolute Gasteiger partial charge is 0.379 e. The molecule has 7 nitrogen and oxygen atoms in total. The number of fused-ring (bicyclic) bond motifs is 1. The van der Waals surface area contributed by atoms with Crippen molar-refractivity contribution in [2.24, 2.45) is 0 Å². The van der Waals surface area contributed by atoms with Crippen LogP contribution >= 0.6 is 0 Å². The Morgan fingerprint density at radius 3 is 2.84 bits per heavy atom. The van der Waals surface area contributed by atoms with Gasteiger partial charge in [0.25, 0.3) is 5.91 Å². The van der Waals surface area contributed by atoms with Gasteiger partial charge in [-0.2, -0.15) is 0 Å². The molecule has 1 spiro atoms. The molecule has 3 aromatic rings. The second-order valence-electron chi connectivity index (χ2n) is 8.24. The van der Waals surface area contributed by atoms with Crippen LogP contribution in [-0.4, -0.2) is 63.4 Å². The Hall–Kier alpha value is -3.26. The van der Waals surface area contributed by atoms with Gasteiger partial charge in [0.2, 0.25) is 5.91 Å². The van der Waals surface area contributed by atoms with Gasteiger partial charge in [-0.05, 0) is 42.3 Å². The minimum absolute atomic E-state index is 0.0193. The number of halogens is 1. The normalized spacial score (nSPS) is 21.8. The van der Waals surface area contributed by atoms with Crippen LogP contribution in [0, 0.1) is 5.82 Å². The lowest BCUT2D eigenvalue weighted by Gasteiger charge is -2.40. The molecule has 2 aliphatic heterocycles. The van der Waals surface area contributed by atoms with Crippen molar-refractivity contribution in [2.45, 2.75) is 24.9 Å². The van der Waals surface area contributed by atoms with E-state index in [9.17, 15) is 14.0 Å². The molecule has 2 fully saturated rings. The first-order valence-electron chi connectivity index (χ1n) is 10.4. The number of nitrogens with zero attached hydrogens (tertiary/aromatic N) is 3. The predicted octanol–water partition coefficient (Wildman–Crippen LogP) is 2.74. The number of hydrogen-bond acceptors (Lipinski definition) is 4. The van der Waals surface area contributed by atoms with Crippen LogP contribution in [0.4, 0.5) is 4.39 Å². The molecule has 2 saturated heterocycles. The molecule has 2 aliphatic rings. The predicted molar refractivity (Wildman–Crippen MR) is 112 cm³/mol. The second kappa shape index (κ2) is 7.77. The number of carbonyl (C=O) groups excluding carboxylic acids is 2. The van der Waals surface area contributed by atoms with E-state index < -0.39 is 5.54 Å². The average molecular weight is 422 g/mol. The van der Waals surface area contributed by atoms with Gasteiger partial charge < -0.3 is 19.5 Å². The van der Waals surface area contributed by atoms with Crippen molar-refractivity contribution in [3.8, 4) is 0 Å². The Bertz CT molecular complexity index is 1120. The molecule has 160 valence electrons. The summed E-state index contributed by atoms with van der Waals surface area (Å²) in [6.07, 6.45) is 2.49. The zero-order chi connectivity index (χ0) is 21.4. The average Bonchev–Trinajstić information content (AvgIpc) is 3.42. The van der Waals surface area contributed by atoms with E-state index in [2.05, 4.69) is 9.97 Å². The summed E-state index contributed by atoms with van der Waals surface area (Å²) in [5, 5.41) is 0. The van der Waals surface area contributed by atoms with Crippen LogP contribution in [0.3, 0.4) is 0 Å². The highest BCUT2D eigenvalue weighted by molar-refractivity contribution is 5.97. The number of carbonyl (C=O) groups is 2. The lowest BCUT2D eigenvalue weighted by Crippen LogP contribution is -2.56. The quantitative estimate of drug-likeness (QED) is 0.704. The summed E-state index contributed by atoms with van der Waals surface area (Å²) in [6.45, 7) is 2.03. The van der Waals surface area contributed by atoms with E-state index in [0.717, 1.165) is 16.6 Å². The van der Waals surface area contributed by atoms with Gasteiger partial charge in [-0.3, -0.25) is 9.59 Å². The third-order valence-electron chi connectivity index (χ3n) is 6.25. The smallest absolute Gasteiger partial charge is 0.254 e. The van der Waals surface area contributed by atoms with Crippen LogP contribution in [0.1, 0.15) is 28.8 Å². The number of H-pyrrole nitrogens is 1. The minimum atomic E-state index is -0.588. The van der Waals surface area contributed by atoms with Crippen molar-refractivity contribution in [2.75, 3.05) is 26.3 Å². The molecule has 0 bridgehead atoms. The standard InChI is InChI=1S/C23H23FN4O3/c24-18-4-1-16(2-5-18)12-28-21(29)7-9-27(13-23(28)8-10-31-14-23)22(30)17-3-6-19-20(11-17)26-15-25-19/h1-6,11,15H,7-10,12-14H2,(H,25,26). The van der Waals surface area contributed by atoms with Crippen LogP contribution < -0.4 is 0 Å². The summed E-state index contributed by atoms with van der Waals surface area (Å²) in [7, 11) is 0. The first kappa shape index (κ1) is 19.7. The van der Waals surface area contributed by atoms with Gasteiger partial charge in [0.15, 0.2) is 0 Å². The molecule has 0 aliphatic carbocycles. The molecule has 1 N–H and O–H groups in total. The molecule has 5 rings (SSSR count). The van der Waals surface area contributed by atoms with E-state index in [4.69, 9.17) is 4.74 Å². The van der Waals surface area contributed by atoms with Crippen molar-refractivity contribution in [3.63, 3.8) is 0 Å². The highest BCUT2D eigenvalue weighted by atomic mass is 19.1. The number of hydrogen-bond donors (Lipinski definition) is 1. The van der Waals surface area contributed by atoms with E-state index in [1.54, 1.807) is 35.5 Å². The van der Waals surface area contributed by atoms with Crippen molar-refractivity contribution in [1.29, 1.82) is 0 Å². The fourth-order valence-electron chi connectivity index (χ4n) is 4.54. The minimum Gasteiger partial charge on any atom is -0.379 e. The number of benzene rings is 2. The summed E-state index contributed by atoms with van der Waals surface area (Å²) in [6, 6.07) is 11.6. The Kier molecular flexibility index (Phi) is 4.94. The number of imidazole rings is 1. The van der Waals surface area contributed by atoms with Crippen molar-refractivity contribution < 1.29 is 18.7 Å². The van der Waals surface area contributed by atoms with E-state index in [-0.39, 0.29) is 24.1 Å². The Morgan fingerprint density at radius 1 is 1.23 bits per heavy atom. The molecular weight excluding hydrogens is 399 g/mol. The van der Waals surface area contributed by atoms with Gasteiger partial charge in [-0.25, -0.2) is 9.37 Å². The molecule has 2 aromatic carbocycles. The van der Waals surface area contributed by atoms with Gasteiger partial charge in [-0.15, -0.1) is 0 Å². The van der Waals surface area contributed by atoms with Crippen LogP contribution in [-0.2, 0) is 16.1 Å². The van der Waals surface area contributed by atoms with E-state index >= 15 is 0 Å². The molecule has 0 radical (unpaired) electrons. The molecule has 0 saturated carbocycles. The number of aromatic amines is 1. The first-order valence-corrected chi connectivity index (χ1v) is 10.4. The van der Waals surface area contributed by atoms with Gasteiger partial charge in [0.1, 0.15) is 5.82 Å². The van der Waals surface area contributed by atoms with E-state index in [0.29, 0.717) is 44.8 Å². The van der Waals surface area contributed by atoms with Gasteiger partial charge in [-0.1, -0.05) is 12.1 Å². The molecule has 1 unspecified atom stereocenters. The monoisotopic (exact) mass is 422 g/mol. The van der Waals surface area contributed by atoms with Crippen molar-refractivity contribution in [3.05, 3.63) is 65.7 Å². The van der Waals surface area contributed by atoms with Crippen LogP contribution in [0.25, 0.3) is 11.0 Å². The summed E-state index contributed by atoms with van der Waals surface area (Å²) in [5.41, 5.74) is 2.42. The first-order chi connectivity index (χ1) is 15.0. The van der Waals surface area contributed by atoms with Crippen molar-refractivity contribution in [1.82, 2.24) is 19.8 Å². The SMILES string of the molecule is O=C(c1ccc2nc[nH]c2c1)N1CCC(=O)N(Cc2ccc(F)cc2)C2(CCOC2)C1. The zero-order valence-electron chi connectivity index (χ0n) is 17.0. The number of aromatic nitrogens is 2. The number of rotatable bonds is 3. The highest BCUT2D eigenvalue weighted by Crippen LogP contribution is 2.33. The molecule has 31 heavy (non-hydrogen) atoms. The third kappa shape index (κ3) is 3.67.